The van der Waals surface area contributed by atoms with Crippen LogP contribution in [0.2, 0.25) is 5.02 Å². The molecular formula is C28H25ClN4O3. The summed E-state index contributed by atoms with van der Waals surface area (Å²) in [5.74, 6) is -0.969. The van der Waals surface area contributed by atoms with Crippen molar-refractivity contribution in [1.29, 1.82) is 0 Å². The van der Waals surface area contributed by atoms with Crippen LogP contribution in [0.4, 0.5) is 21.9 Å². The molecule has 182 valence electrons. The van der Waals surface area contributed by atoms with Gasteiger partial charge in [-0.2, -0.15) is 0 Å². The van der Waals surface area contributed by atoms with Crippen LogP contribution in [0.25, 0.3) is 0 Å². The van der Waals surface area contributed by atoms with E-state index in [0.29, 0.717) is 29.5 Å². The van der Waals surface area contributed by atoms with Crippen molar-refractivity contribution in [2.75, 3.05) is 41.4 Å². The number of fused-ring (bicyclic) bond motifs is 4. The maximum Gasteiger partial charge on any atom is 0.342 e. The summed E-state index contributed by atoms with van der Waals surface area (Å²) in [6.45, 7) is 1.93. The van der Waals surface area contributed by atoms with Gasteiger partial charge in [-0.05, 0) is 55.4 Å². The predicted octanol–water partition coefficient (Wildman–Crippen LogP) is 4.20. The van der Waals surface area contributed by atoms with Crippen LogP contribution in [0.5, 0.6) is 0 Å². The Labute approximate surface area is 214 Å². The van der Waals surface area contributed by atoms with E-state index < -0.39 is 29.3 Å². The topological polar surface area (TPSA) is 64.2 Å². The van der Waals surface area contributed by atoms with Gasteiger partial charge in [0.05, 0.1) is 17.4 Å². The number of carbonyl (C=O) groups is 3. The van der Waals surface area contributed by atoms with Gasteiger partial charge in [-0.25, -0.2) is 14.6 Å². The number of nitrogens with zero attached hydrogens (tertiary/aromatic N) is 4. The predicted molar refractivity (Wildman–Crippen MR) is 139 cm³/mol. The molecule has 3 aliphatic rings. The van der Waals surface area contributed by atoms with E-state index in [-0.39, 0.29) is 6.42 Å². The molecule has 1 atom stereocenters. The number of likely N-dealkylation sites (N-methyl/N-ethyl adjacent to an activating group) is 1. The van der Waals surface area contributed by atoms with Crippen LogP contribution in [-0.4, -0.2) is 55.5 Å². The molecule has 0 N–H and O–H groups in total. The third-order valence-electron chi connectivity index (χ3n) is 7.56. The third-order valence-corrected chi connectivity index (χ3v) is 7.79. The monoisotopic (exact) mass is 500 g/mol. The first-order valence-corrected chi connectivity index (χ1v) is 12.4. The van der Waals surface area contributed by atoms with Gasteiger partial charge in [0, 0.05) is 30.3 Å². The van der Waals surface area contributed by atoms with Gasteiger partial charge in [-0.1, -0.05) is 54.1 Å². The normalized spacial score (nSPS) is 21.6. The second-order valence-electron chi connectivity index (χ2n) is 9.63. The second-order valence-corrected chi connectivity index (χ2v) is 10.1. The number of halogens is 1. The van der Waals surface area contributed by atoms with Crippen LogP contribution in [0.15, 0.2) is 78.9 Å². The van der Waals surface area contributed by atoms with E-state index in [2.05, 4.69) is 9.80 Å². The molecule has 3 aliphatic heterocycles. The summed E-state index contributed by atoms with van der Waals surface area (Å²) in [5.41, 5.74) is 1.21. The lowest BCUT2D eigenvalue weighted by atomic mass is 9.67. The highest BCUT2D eigenvalue weighted by Crippen LogP contribution is 2.49. The average Bonchev–Trinajstić information content (AvgIpc) is 2.89. The van der Waals surface area contributed by atoms with Crippen LogP contribution in [0, 0.1) is 5.41 Å². The number of hydrogen-bond acceptors (Lipinski definition) is 5. The number of piperazine rings is 1. The summed E-state index contributed by atoms with van der Waals surface area (Å²) < 4.78 is 0. The first-order chi connectivity index (χ1) is 17.4. The number of benzene rings is 3. The van der Waals surface area contributed by atoms with E-state index in [1.807, 2.05) is 31.3 Å². The van der Waals surface area contributed by atoms with Crippen LogP contribution < -0.4 is 14.7 Å². The van der Waals surface area contributed by atoms with E-state index in [0.717, 1.165) is 17.8 Å². The molecule has 7 nitrogen and oxygen atoms in total. The number of amides is 4. The van der Waals surface area contributed by atoms with Crippen LogP contribution in [0.3, 0.4) is 0 Å². The number of anilines is 3. The molecule has 1 spiro atoms. The molecule has 6 rings (SSSR count). The van der Waals surface area contributed by atoms with Gasteiger partial charge < -0.3 is 9.80 Å². The van der Waals surface area contributed by atoms with Gasteiger partial charge in [-0.15, -0.1) is 0 Å². The number of para-hydroxylation sites is 2. The minimum atomic E-state index is -1.49. The zero-order valence-corrected chi connectivity index (χ0v) is 20.6. The van der Waals surface area contributed by atoms with Crippen molar-refractivity contribution in [3.8, 4) is 0 Å². The fourth-order valence-electron chi connectivity index (χ4n) is 5.81. The minimum Gasteiger partial charge on any atom is -0.364 e. The molecule has 2 saturated heterocycles. The van der Waals surface area contributed by atoms with Crippen LogP contribution >= 0.6 is 11.6 Å². The SMILES string of the molecule is CN1CCN2c3cc(Cl)ccc3CC3(C(=O)N(c4ccccc4)C(=O)N(c4ccccc4)C3=O)C2C1. The van der Waals surface area contributed by atoms with Gasteiger partial charge in [0.15, 0.2) is 5.41 Å². The molecular weight excluding hydrogens is 476 g/mol. The highest BCUT2D eigenvalue weighted by Gasteiger charge is 2.65. The Hall–Kier alpha value is -3.68. The van der Waals surface area contributed by atoms with Gasteiger partial charge in [-0.3, -0.25) is 9.59 Å². The molecule has 36 heavy (non-hydrogen) atoms. The molecule has 0 aliphatic carbocycles. The van der Waals surface area contributed by atoms with E-state index in [1.54, 1.807) is 54.6 Å². The average molecular weight is 501 g/mol. The van der Waals surface area contributed by atoms with Gasteiger partial charge in [0.2, 0.25) is 0 Å². The third kappa shape index (κ3) is 3.27. The summed E-state index contributed by atoms with van der Waals surface area (Å²) in [5, 5.41) is 0.607. The van der Waals surface area contributed by atoms with Crippen molar-refractivity contribution in [1.82, 2.24) is 4.90 Å². The molecule has 3 aromatic rings. The fourth-order valence-corrected chi connectivity index (χ4v) is 5.98. The number of barbiturate groups is 1. The van der Waals surface area contributed by atoms with Gasteiger partial charge in [0.25, 0.3) is 11.8 Å². The quantitative estimate of drug-likeness (QED) is 0.493. The lowest BCUT2D eigenvalue weighted by Gasteiger charge is -2.56. The van der Waals surface area contributed by atoms with Crippen molar-refractivity contribution in [2.45, 2.75) is 12.5 Å². The van der Waals surface area contributed by atoms with Crippen LogP contribution in [0.1, 0.15) is 5.56 Å². The number of imide groups is 2. The molecule has 4 amide bonds. The van der Waals surface area contributed by atoms with E-state index in [1.165, 1.54) is 9.80 Å². The number of carbonyl (C=O) groups excluding carboxylic acids is 3. The maximum absolute atomic E-state index is 14.5. The van der Waals surface area contributed by atoms with Crippen molar-refractivity contribution in [2.24, 2.45) is 5.41 Å². The number of hydrogen-bond donors (Lipinski definition) is 0. The lowest BCUT2D eigenvalue weighted by molar-refractivity contribution is -0.143. The lowest BCUT2D eigenvalue weighted by Crippen LogP contribution is -2.76. The molecule has 2 fully saturated rings. The summed E-state index contributed by atoms with van der Waals surface area (Å²) in [7, 11) is 1.99. The molecule has 3 heterocycles. The Kier molecular flexibility index (Phi) is 5.35. The Morgan fingerprint density at radius 3 is 1.97 bits per heavy atom. The summed E-state index contributed by atoms with van der Waals surface area (Å²) in [4.78, 5) is 49.5. The van der Waals surface area contributed by atoms with Crippen molar-refractivity contribution >= 4 is 46.5 Å². The zero-order valence-electron chi connectivity index (χ0n) is 19.8. The first kappa shape index (κ1) is 22.8. The van der Waals surface area contributed by atoms with Gasteiger partial charge in [0.1, 0.15) is 0 Å². The molecule has 8 heteroatoms. The minimum absolute atomic E-state index is 0.187. The van der Waals surface area contributed by atoms with Gasteiger partial charge >= 0.3 is 6.03 Å². The summed E-state index contributed by atoms with van der Waals surface area (Å²) >= 11 is 6.36. The largest absolute Gasteiger partial charge is 0.364 e. The second kappa shape index (κ2) is 8.47. The molecule has 0 aromatic heterocycles. The summed E-state index contributed by atoms with van der Waals surface area (Å²) in [6, 6.07) is 22.2. The summed E-state index contributed by atoms with van der Waals surface area (Å²) in [6.07, 6.45) is 0.187. The van der Waals surface area contributed by atoms with Crippen molar-refractivity contribution in [3.63, 3.8) is 0 Å². The Bertz CT molecular complexity index is 1300. The maximum atomic E-state index is 14.5. The van der Waals surface area contributed by atoms with Crippen molar-refractivity contribution < 1.29 is 14.4 Å². The Morgan fingerprint density at radius 2 is 1.39 bits per heavy atom. The highest BCUT2D eigenvalue weighted by molar-refractivity contribution is 6.39. The van der Waals surface area contributed by atoms with E-state index >= 15 is 0 Å². The van der Waals surface area contributed by atoms with E-state index in [9.17, 15) is 14.4 Å². The van der Waals surface area contributed by atoms with Crippen molar-refractivity contribution in [3.05, 3.63) is 89.4 Å². The Balaban J connectivity index is 1.60. The number of rotatable bonds is 2. The number of urea groups is 1. The first-order valence-electron chi connectivity index (χ1n) is 12.0. The van der Waals surface area contributed by atoms with Crippen LogP contribution in [-0.2, 0) is 16.0 Å². The fraction of sp³-hybridized carbons (Fsp3) is 0.250. The zero-order chi connectivity index (χ0) is 25.0. The molecule has 1 unspecified atom stereocenters. The highest BCUT2D eigenvalue weighted by atomic mass is 35.5. The molecule has 0 saturated carbocycles. The standard InChI is InChI=1S/C28H25ClN4O3/c1-30-14-15-31-23-16-20(29)13-12-19(23)17-28(24(31)18-30)25(34)32(21-8-4-2-5-9-21)27(36)33(26(28)35)22-10-6-3-7-11-22/h2-13,16,24H,14-15,17-18H2,1H3. The molecule has 0 radical (unpaired) electrons. The molecule has 0 bridgehead atoms. The molecule has 3 aromatic carbocycles. The Morgan fingerprint density at radius 1 is 0.806 bits per heavy atom. The smallest absolute Gasteiger partial charge is 0.342 e. The van der Waals surface area contributed by atoms with E-state index in [4.69, 9.17) is 11.6 Å².